The van der Waals surface area contributed by atoms with Crippen molar-refractivity contribution in [3.8, 4) is 0 Å². The van der Waals surface area contributed by atoms with Crippen molar-refractivity contribution in [2.75, 3.05) is 13.2 Å². The number of esters is 1. The normalized spacial score (nSPS) is 12.9. The molecule has 0 fully saturated rings. The van der Waals surface area contributed by atoms with Crippen molar-refractivity contribution in [1.29, 1.82) is 0 Å². The SMILES string of the molecule is CCCCCCCCCC/C=C/C=C/CCCC(=O)OCC(O)CO. The lowest BCUT2D eigenvalue weighted by atomic mass is 10.1. The fourth-order valence-electron chi connectivity index (χ4n) is 2.42. The first-order chi connectivity index (χ1) is 12.2. The third kappa shape index (κ3) is 19.0. The van der Waals surface area contributed by atoms with E-state index in [0.29, 0.717) is 6.42 Å². The van der Waals surface area contributed by atoms with Gasteiger partial charge in [-0.25, -0.2) is 0 Å². The van der Waals surface area contributed by atoms with Crippen molar-refractivity contribution < 1.29 is 19.7 Å². The maximum atomic E-state index is 11.3. The van der Waals surface area contributed by atoms with E-state index in [1.807, 2.05) is 6.08 Å². The minimum Gasteiger partial charge on any atom is -0.463 e. The largest absolute Gasteiger partial charge is 0.463 e. The zero-order valence-corrected chi connectivity index (χ0v) is 16.0. The van der Waals surface area contributed by atoms with Crippen LogP contribution in [0.5, 0.6) is 0 Å². The zero-order chi connectivity index (χ0) is 18.6. The van der Waals surface area contributed by atoms with Crippen molar-refractivity contribution in [3.63, 3.8) is 0 Å². The van der Waals surface area contributed by atoms with E-state index in [4.69, 9.17) is 14.9 Å². The smallest absolute Gasteiger partial charge is 0.305 e. The molecule has 0 amide bonds. The van der Waals surface area contributed by atoms with Crippen molar-refractivity contribution in [2.24, 2.45) is 0 Å². The van der Waals surface area contributed by atoms with Gasteiger partial charge in [0.1, 0.15) is 12.7 Å². The van der Waals surface area contributed by atoms with E-state index in [-0.39, 0.29) is 19.2 Å². The quantitative estimate of drug-likeness (QED) is 0.226. The van der Waals surface area contributed by atoms with Crippen LogP contribution >= 0.6 is 0 Å². The highest BCUT2D eigenvalue weighted by Gasteiger charge is 2.06. The Kier molecular flexibility index (Phi) is 18.3. The maximum Gasteiger partial charge on any atom is 0.305 e. The van der Waals surface area contributed by atoms with E-state index >= 15 is 0 Å². The minimum atomic E-state index is -0.977. The Bertz CT molecular complexity index is 350. The first-order valence-corrected chi connectivity index (χ1v) is 9.97. The molecule has 0 aromatic rings. The number of carbonyl (C=O) groups excluding carboxylic acids is 1. The molecule has 0 bridgehead atoms. The Hall–Kier alpha value is -1.13. The van der Waals surface area contributed by atoms with E-state index in [9.17, 15) is 4.79 Å². The predicted octanol–water partition coefficient (Wildman–Crippen LogP) is 4.70. The lowest BCUT2D eigenvalue weighted by Gasteiger charge is -2.07. The Morgan fingerprint density at radius 3 is 2.08 bits per heavy atom. The van der Waals surface area contributed by atoms with Crippen molar-refractivity contribution in [2.45, 2.75) is 90.1 Å². The molecule has 0 saturated heterocycles. The van der Waals surface area contributed by atoms with E-state index < -0.39 is 6.10 Å². The van der Waals surface area contributed by atoms with E-state index in [2.05, 4.69) is 25.2 Å². The summed E-state index contributed by atoms with van der Waals surface area (Å²) >= 11 is 0. The van der Waals surface area contributed by atoms with Gasteiger partial charge in [-0.3, -0.25) is 4.79 Å². The Labute approximate surface area is 154 Å². The number of ether oxygens (including phenoxy) is 1. The van der Waals surface area contributed by atoms with Crippen LogP contribution in [0.4, 0.5) is 0 Å². The molecule has 2 N–H and O–H groups in total. The fraction of sp³-hybridized carbons (Fsp3) is 0.762. The molecule has 1 atom stereocenters. The van der Waals surface area contributed by atoms with Crippen LogP contribution in [0.1, 0.15) is 84.0 Å². The Balaban J connectivity index is 3.36. The molecule has 0 heterocycles. The molecule has 0 aromatic carbocycles. The second kappa shape index (κ2) is 19.2. The zero-order valence-electron chi connectivity index (χ0n) is 16.0. The number of carbonyl (C=O) groups is 1. The molecule has 0 aliphatic rings. The summed E-state index contributed by atoms with van der Waals surface area (Å²) in [6.07, 6.45) is 21.3. The lowest BCUT2D eigenvalue weighted by Crippen LogP contribution is -2.21. The summed E-state index contributed by atoms with van der Waals surface area (Å²) in [6, 6.07) is 0. The van der Waals surface area contributed by atoms with Crippen LogP contribution in [0.2, 0.25) is 0 Å². The summed E-state index contributed by atoms with van der Waals surface area (Å²) in [5.74, 6) is -0.328. The summed E-state index contributed by atoms with van der Waals surface area (Å²) in [4.78, 5) is 11.3. The van der Waals surface area contributed by atoms with Crippen LogP contribution in [-0.4, -0.2) is 35.5 Å². The molecule has 0 rings (SSSR count). The van der Waals surface area contributed by atoms with Gasteiger partial charge in [0.05, 0.1) is 6.61 Å². The van der Waals surface area contributed by atoms with Crippen LogP contribution in [-0.2, 0) is 9.53 Å². The Morgan fingerprint density at radius 2 is 1.48 bits per heavy atom. The van der Waals surface area contributed by atoms with E-state index in [1.54, 1.807) is 0 Å². The van der Waals surface area contributed by atoms with Gasteiger partial charge in [-0.05, 0) is 25.7 Å². The highest BCUT2D eigenvalue weighted by atomic mass is 16.5. The molecule has 25 heavy (non-hydrogen) atoms. The van der Waals surface area contributed by atoms with Crippen LogP contribution in [0, 0.1) is 0 Å². The third-order valence-electron chi connectivity index (χ3n) is 4.01. The molecule has 0 saturated carbocycles. The number of rotatable bonds is 17. The fourth-order valence-corrected chi connectivity index (χ4v) is 2.42. The van der Waals surface area contributed by atoms with Crippen LogP contribution in [0.3, 0.4) is 0 Å². The van der Waals surface area contributed by atoms with Gasteiger partial charge in [-0.15, -0.1) is 0 Å². The van der Waals surface area contributed by atoms with E-state index in [1.165, 1.54) is 51.4 Å². The number of hydrogen-bond donors (Lipinski definition) is 2. The standard InChI is InChI=1S/C21H38O4/c1-2-3-4-5-6-7-8-9-10-11-12-13-14-15-16-17-21(24)25-19-20(23)18-22/h11-14,20,22-23H,2-10,15-19H2,1H3/b12-11+,14-13+. The molecule has 146 valence electrons. The minimum absolute atomic E-state index is 0.132. The summed E-state index contributed by atoms with van der Waals surface area (Å²) in [5.41, 5.74) is 0. The molecule has 4 heteroatoms. The van der Waals surface area contributed by atoms with Gasteiger partial charge in [0, 0.05) is 6.42 Å². The Morgan fingerprint density at radius 1 is 0.920 bits per heavy atom. The third-order valence-corrected chi connectivity index (χ3v) is 4.01. The van der Waals surface area contributed by atoms with Gasteiger partial charge < -0.3 is 14.9 Å². The second-order valence-electron chi connectivity index (χ2n) is 6.53. The summed E-state index contributed by atoms with van der Waals surface area (Å²) in [5, 5.41) is 17.7. The highest BCUT2D eigenvalue weighted by Crippen LogP contribution is 2.09. The second-order valence-corrected chi connectivity index (χ2v) is 6.53. The van der Waals surface area contributed by atoms with Gasteiger partial charge in [-0.2, -0.15) is 0 Å². The van der Waals surface area contributed by atoms with Crippen LogP contribution < -0.4 is 0 Å². The van der Waals surface area contributed by atoms with Crippen molar-refractivity contribution >= 4 is 5.97 Å². The van der Waals surface area contributed by atoms with Gasteiger partial charge in [-0.1, -0.05) is 76.2 Å². The van der Waals surface area contributed by atoms with Crippen LogP contribution in [0.25, 0.3) is 0 Å². The first kappa shape index (κ1) is 23.9. The average molecular weight is 355 g/mol. The molecular formula is C21H38O4. The van der Waals surface area contributed by atoms with E-state index in [0.717, 1.165) is 19.3 Å². The summed E-state index contributed by atoms with van der Waals surface area (Å²) in [6.45, 7) is 1.73. The molecule has 0 aliphatic heterocycles. The monoisotopic (exact) mass is 354 g/mol. The number of allylic oxidation sites excluding steroid dienone is 4. The summed E-state index contributed by atoms with van der Waals surface area (Å²) < 4.78 is 4.83. The van der Waals surface area contributed by atoms with Gasteiger partial charge in [0.15, 0.2) is 0 Å². The molecule has 4 nitrogen and oxygen atoms in total. The van der Waals surface area contributed by atoms with Gasteiger partial charge >= 0.3 is 5.97 Å². The molecule has 0 spiro atoms. The number of unbranched alkanes of at least 4 members (excludes halogenated alkanes) is 9. The average Bonchev–Trinajstić information content (AvgIpc) is 2.62. The molecule has 0 radical (unpaired) electrons. The van der Waals surface area contributed by atoms with Crippen molar-refractivity contribution in [1.82, 2.24) is 0 Å². The predicted molar refractivity (Wildman–Crippen MR) is 103 cm³/mol. The number of aliphatic hydroxyl groups is 2. The number of aliphatic hydroxyl groups excluding tert-OH is 2. The molecular weight excluding hydrogens is 316 g/mol. The van der Waals surface area contributed by atoms with Gasteiger partial charge in [0.25, 0.3) is 0 Å². The lowest BCUT2D eigenvalue weighted by molar-refractivity contribution is -0.147. The van der Waals surface area contributed by atoms with Gasteiger partial charge in [0.2, 0.25) is 0 Å². The summed E-state index contributed by atoms with van der Waals surface area (Å²) in [7, 11) is 0. The highest BCUT2D eigenvalue weighted by molar-refractivity contribution is 5.69. The van der Waals surface area contributed by atoms with Crippen LogP contribution in [0.15, 0.2) is 24.3 Å². The molecule has 0 aliphatic carbocycles. The maximum absolute atomic E-state index is 11.3. The first-order valence-electron chi connectivity index (χ1n) is 9.97. The van der Waals surface area contributed by atoms with Crippen molar-refractivity contribution in [3.05, 3.63) is 24.3 Å². The topological polar surface area (TPSA) is 66.8 Å². The molecule has 1 unspecified atom stereocenters. The molecule has 0 aromatic heterocycles. The number of hydrogen-bond acceptors (Lipinski definition) is 4.